The molecule has 0 atom stereocenters. The van der Waals surface area contributed by atoms with E-state index < -0.39 is 5.41 Å². The third-order valence-corrected chi connectivity index (χ3v) is 11.6. The molecule has 9 heteroatoms. The van der Waals surface area contributed by atoms with E-state index in [9.17, 15) is 14.0 Å². The van der Waals surface area contributed by atoms with Gasteiger partial charge in [0, 0.05) is 47.0 Å². The molecule has 1 aromatic carbocycles. The lowest BCUT2D eigenvalue weighted by atomic mass is 9.67. The van der Waals surface area contributed by atoms with Gasteiger partial charge in [0.15, 0.2) is 5.58 Å². The maximum absolute atomic E-state index is 13.8. The third kappa shape index (κ3) is 10.4. The van der Waals surface area contributed by atoms with Crippen LogP contribution in [0.3, 0.4) is 0 Å². The van der Waals surface area contributed by atoms with Crippen molar-refractivity contribution in [3.8, 4) is 0 Å². The molecule has 0 bridgehead atoms. The average molecular weight is 805 g/mol. The predicted octanol–water partition coefficient (Wildman–Crippen LogP) is 7.33. The zero-order chi connectivity index (χ0) is 34.9. The van der Waals surface area contributed by atoms with E-state index in [1.54, 1.807) is 6.07 Å². The fourth-order valence-electron chi connectivity index (χ4n) is 8.17. The second-order valence-electron chi connectivity index (χ2n) is 15.9. The molecule has 1 fully saturated rings. The Labute approximate surface area is 315 Å². The van der Waals surface area contributed by atoms with Crippen LogP contribution in [0.1, 0.15) is 165 Å². The summed E-state index contributed by atoms with van der Waals surface area (Å²) in [6, 6.07) is 4.61. The second kappa shape index (κ2) is 19.0. The number of hydrogen-bond donors (Lipinski definition) is 0. The van der Waals surface area contributed by atoms with Crippen LogP contribution in [0.4, 0.5) is 4.39 Å². The van der Waals surface area contributed by atoms with Gasteiger partial charge in [-0.05, 0) is 90.7 Å². The molecule has 0 amide bonds. The topological polar surface area (TPSA) is 87.2 Å². The maximum Gasteiger partial charge on any atom is 0.311 e. The highest BCUT2D eigenvalue weighted by molar-refractivity contribution is 5.80. The minimum Gasteiger partial charge on any atom is -1.00 e. The number of carbonyl (C=O) groups excluding carboxylic acids is 1. The molecule has 0 unspecified atom stereocenters. The lowest BCUT2D eigenvalue weighted by molar-refractivity contribution is -0.159. The van der Waals surface area contributed by atoms with Crippen LogP contribution in [0, 0.1) is 23.6 Å². The number of esters is 1. The van der Waals surface area contributed by atoms with E-state index in [-0.39, 0.29) is 52.7 Å². The van der Waals surface area contributed by atoms with E-state index in [4.69, 9.17) is 14.2 Å². The van der Waals surface area contributed by atoms with Crippen molar-refractivity contribution < 1.29 is 42.4 Å². The van der Waals surface area contributed by atoms with E-state index >= 15 is 0 Å². The van der Waals surface area contributed by atoms with Crippen LogP contribution in [-0.2, 0) is 28.9 Å². The molecule has 2 aromatic heterocycles. The first-order chi connectivity index (χ1) is 23.6. The number of nitrogens with zero attached hydrogens (tertiary/aromatic N) is 3. The Kier molecular flexibility index (Phi) is 15.4. The summed E-state index contributed by atoms with van der Waals surface area (Å²) < 4.78 is 27.4. The van der Waals surface area contributed by atoms with Crippen LogP contribution in [0.15, 0.2) is 27.5 Å². The third-order valence-electron chi connectivity index (χ3n) is 11.6. The Bertz CT molecular complexity index is 1590. The zero-order valence-electron chi connectivity index (χ0n) is 31.1. The van der Waals surface area contributed by atoms with E-state index in [0.29, 0.717) is 18.6 Å². The Hall–Kier alpha value is -2.30. The molecule has 0 saturated heterocycles. The van der Waals surface area contributed by atoms with Gasteiger partial charge in [0.1, 0.15) is 11.6 Å². The Morgan fingerprint density at radius 3 is 2.42 bits per heavy atom. The predicted molar refractivity (Wildman–Crippen MR) is 193 cm³/mol. The normalized spacial score (nSPS) is 19.3. The van der Waals surface area contributed by atoms with Gasteiger partial charge in [0.2, 0.25) is 0 Å². The minimum atomic E-state index is -0.536. The number of carbonyl (C=O) groups is 1. The van der Waals surface area contributed by atoms with Crippen LogP contribution < -0.4 is 29.5 Å². The quantitative estimate of drug-likeness (QED) is 0.0761. The molecule has 1 aliphatic carbocycles. The van der Waals surface area contributed by atoms with Crippen LogP contribution in [0.2, 0.25) is 0 Å². The van der Waals surface area contributed by atoms with E-state index in [0.717, 1.165) is 105 Å². The van der Waals surface area contributed by atoms with Gasteiger partial charge in [-0.2, -0.15) is 0 Å². The highest BCUT2D eigenvalue weighted by Gasteiger charge is 2.40. The van der Waals surface area contributed by atoms with Crippen molar-refractivity contribution in [1.82, 2.24) is 14.7 Å². The fraction of sp³-hybridized carbons (Fsp3) is 0.707. The molecule has 1 saturated carbocycles. The molecule has 5 rings (SSSR count). The second-order valence-corrected chi connectivity index (χ2v) is 15.9. The van der Waals surface area contributed by atoms with Crippen LogP contribution >= 0.6 is 0 Å². The highest BCUT2D eigenvalue weighted by atomic mass is 127. The lowest BCUT2D eigenvalue weighted by Crippen LogP contribution is -3.00. The maximum atomic E-state index is 13.8. The van der Waals surface area contributed by atoms with Crippen molar-refractivity contribution in [2.75, 3.05) is 6.61 Å². The molecule has 0 spiro atoms. The van der Waals surface area contributed by atoms with Gasteiger partial charge in [-0.25, -0.2) is 9.37 Å². The molecule has 2 aliphatic rings. The Morgan fingerprint density at radius 2 is 1.72 bits per heavy atom. The molecular formula is C41H60FIN3O4-. The molecule has 0 N–H and O–H groups in total. The standard InChI is InChI=1S/C41H60FN3O4.HI/c1-5-6-7-8-9-10-11-12-13-15-23-40(3,4)39(47)48-29-41(26-22-33-30(2)43-36-17-14-16-27-45(36)38(33)46)24-20-31(21-25-41)37-34-19-18-32(42)28-35(34)49-44-37;/h18-19,28,31H,5-17,20-27,29H2,1-4H3;1H/p-1. The minimum absolute atomic E-state index is 0. The first kappa shape index (κ1) is 40.5. The van der Waals surface area contributed by atoms with Crippen molar-refractivity contribution in [2.24, 2.45) is 10.8 Å². The summed E-state index contributed by atoms with van der Waals surface area (Å²) in [5, 5.41) is 5.22. The Morgan fingerprint density at radius 1 is 1.04 bits per heavy atom. The van der Waals surface area contributed by atoms with Crippen LogP contribution in [0.5, 0.6) is 0 Å². The number of aromatic nitrogens is 3. The van der Waals surface area contributed by atoms with Gasteiger partial charge in [-0.1, -0.05) is 76.3 Å². The van der Waals surface area contributed by atoms with Crippen molar-refractivity contribution >= 4 is 16.9 Å². The monoisotopic (exact) mass is 804 g/mol. The highest BCUT2D eigenvalue weighted by Crippen LogP contribution is 2.47. The van der Waals surface area contributed by atoms with Gasteiger partial charge >= 0.3 is 5.97 Å². The number of aryl methyl sites for hydroxylation is 2. The number of ether oxygens (including phenoxy) is 1. The first-order valence-electron chi connectivity index (χ1n) is 19.4. The summed E-state index contributed by atoms with van der Waals surface area (Å²) in [4.78, 5) is 32.0. The van der Waals surface area contributed by atoms with Crippen molar-refractivity contribution in [1.29, 1.82) is 0 Å². The van der Waals surface area contributed by atoms with Crippen LogP contribution in [-0.4, -0.2) is 27.3 Å². The Balaban J connectivity index is 0.00000562. The SMILES string of the molecule is CCCCCCCCCCCCC(C)(C)C(=O)OCC1(CCc2c(C)nc3n(c2=O)CCCC3)CCC(c2noc3cc(F)ccc23)CC1.[I-]. The molecule has 278 valence electrons. The number of unbranched alkanes of at least 4 members (excludes halogenated alkanes) is 9. The summed E-state index contributed by atoms with van der Waals surface area (Å²) in [5.74, 6) is 0.631. The molecule has 50 heavy (non-hydrogen) atoms. The summed E-state index contributed by atoms with van der Waals surface area (Å²) in [6.45, 7) is 9.35. The lowest BCUT2D eigenvalue weighted by Gasteiger charge is -2.40. The van der Waals surface area contributed by atoms with Gasteiger partial charge < -0.3 is 33.2 Å². The molecule has 1 aliphatic heterocycles. The van der Waals surface area contributed by atoms with E-state index in [1.807, 2.05) is 25.3 Å². The number of hydrogen-bond acceptors (Lipinski definition) is 6. The fourth-order valence-corrected chi connectivity index (χ4v) is 8.17. The van der Waals surface area contributed by atoms with Crippen molar-refractivity contribution in [3.05, 3.63) is 57.1 Å². The summed E-state index contributed by atoms with van der Waals surface area (Å²) >= 11 is 0. The molecule has 3 aromatic rings. The van der Waals surface area contributed by atoms with Crippen molar-refractivity contribution in [3.63, 3.8) is 0 Å². The number of fused-ring (bicyclic) bond motifs is 2. The molecular weight excluding hydrogens is 744 g/mol. The summed E-state index contributed by atoms with van der Waals surface area (Å²) in [5.41, 5.74) is 2.30. The van der Waals surface area contributed by atoms with Crippen LogP contribution in [0.25, 0.3) is 11.0 Å². The molecule has 3 heterocycles. The van der Waals surface area contributed by atoms with E-state index in [1.165, 1.54) is 63.5 Å². The molecule has 0 radical (unpaired) electrons. The number of rotatable bonds is 18. The smallest absolute Gasteiger partial charge is 0.311 e. The van der Waals surface area contributed by atoms with Gasteiger partial charge in [0.05, 0.1) is 17.7 Å². The summed E-state index contributed by atoms with van der Waals surface area (Å²) in [6.07, 6.45) is 21.3. The van der Waals surface area contributed by atoms with E-state index in [2.05, 4.69) is 12.1 Å². The summed E-state index contributed by atoms with van der Waals surface area (Å²) in [7, 11) is 0. The van der Waals surface area contributed by atoms with Gasteiger partial charge in [-0.15, -0.1) is 0 Å². The van der Waals surface area contributed by atoms with Crippen molar-refractivity contribution in [2.45, 2.75) is 169 Å². The average Bonchev–Trinajstić information content (AvgIpc) is 3.51. The van der Waals surface area contributed by atoms with Gasteiger partial charge in [0.25, 0.3) is 5.56 Å². The zero-order valence-corrected chi connectivity index (χ0v) is 33.3. The largest absolute Gasteiger partial charge is 1.00 e. The number of benzene rings is 1. The first-order valence-corrected chi connectivity index (χ1v) is 19.4. The number of halogens is 2. The van der Waals surface area contributed by atoms with Gasteiger partial charge in [-0.3, -0.25) is 14.2 Å². The molecule has 7 nitrogen and oxygen atoms in total.